The van der Waals surface area contributed by atoms with E-state index < -0.39 is 0 Å². The number of hydrogen-bond acceptors (Lipinski definition) is 5. The summed E-state index contributed by atoms with van der Waals surface area (Å²) in [6.45, 7) is 12.5. The summed E-state index contributed by atoms with van der Waals surface area (Å²) in [5, 5.41) is 10.2. The number of rotatable bonds is 3. The highest BCUT2D eigenvalue weighted by Crippen LogP contribution is 2.40. The second kappa shape index (κ2) is 5.82. The van der Waals surface area contributed by atoms with E-state index in [-0.39, 0.29) is 22.7 Å². The number of carbonyl (C=O) groups is 1. The van der Waals surface area contributed by atoms with Crippen LogP contribution < -0.4 is 11.1 Å². The normalized spacial score (nSPS) is 12.5. The van der Waals surface area contributed by atoms with Crippen LogP contribution in [-0.2, 0) is 5.54 Å². The lowest BCUT2D eigenvalue weighted by atomic mass is 9.76. The smallest absolute Gasteiger partial charge is 0.259 e. The molecular formula is C18H25N7O. The molecule has 0 aliphatic heterocycles. The Bertz CT molecular complexity index is 975. The van der Waals surface area contributed by atoms with Crippen LogP contribution in [0.15, 0.2) is 18.6 Å². The Morgan fingerprint density at radius 1 is 1.23 bits per heavy atom. The third kappa shape index (κ3) is 2.81. The number of aromatic nitrogens is 5. The first-order valence-corrected chi connectivity index (χ1v) is 8.48. The number of hydrogen-bond donors (Lipinski definition) is 3. The number of nitrogens with zero attached hydrogens (tertiary/aromatic N) is 4. The van der Waals surface area contributed by atoms with Gasteiger partial charge in [0, 0.05) is 23.5 Å². The van der Waals surface area contributed by atoms with Crippen molar-refractivity contribution in [2.45, 2.75) is 47.1 Å². The molecular weight excluding hydrogens is 330 g/mol. The van der Waals surface area contributed by atoms with E-state index in [0.29, 0.717) is 22.4 Å². The summed E-state index contributed by atoms with van der Waals surface area (Å²) in [7, 11) is 0. The van der Waals surface area contributed by atoms with Gasteiger partial charge in [-0.1, -0.05) is 20.8 Å². The molecule has 0 aromatic carbocycles. The summed E-state index contributed by atoms with van der Waals surface area (Å²) in [6, 6.07) is 1.76. The molecule has 26 heavy (non-hydrogen) atoms. The van der Waals surface area contributed by atoms with E-state index in [0.717, 1.165) is 5.69 Å². The van der Waals surface area contributed by atoms with Gasteiger partial charge in [0.2, 0.25) is 0 Å². The lowest BCUT2D eigenvalue weighted by Gasteiger charge is -2.40. The molecule has 0 unspecified atom stereocenters. The Balaban J connectivity index is 2.16. The molecule has 4 N–H and O–H groups in total. The van der Waals surface area contributed by atoms with Crippen LogP contribution >= 0.6 is 0 Å². The van der Waals surface area contributed by atoms with E-state index in [9.17, 15) is 4.79 Å². The predicted molar refractivity (Wildman–Crippen MR) is 102 cm³/mol. The van der Waals surface area contributed by atoms with Crippen LogP contribution in [0, 0.1) is 12.3 Å². The third-order valence-corrected chi connectivity index (χ3v) is 5.24. The molecule has 0 spiro atoms. The third-order valence-electron chi connectivity index (χ3n) is 5.24. The van der Waals surface area contributed by atoms with Crippen molar-refractivity contribution in [3.63, 3.8) is 0 Å². The number of amides is 1. The van der Waals surface area contributed by atoms with Gasteiger partial charge in [0.15, 0.2) is 5.82 Å². The van der Waals surface area contributed by atoms with Crippen LogP contribution in [0.25, 0.3) is 11.0 Å². The van der Waals surface area contributed by atoms with Crippen LogP contribution in [-0.4, -0.2) is 30.6 Å². The van der Waals surface area contributed by atoms with Gasteiger partial charge in [-0.05, 0) is 26.2 Å². The maximum atomic E-state index is 12.9. The minimum absolute atomic E-state index is 0.0777. The molecule has 0 aliphatic carbocycles. The summed E-state index contributed by atoms with van der Waals surface area (Å²) >= 11 is 0. The molecule has 3 aromatic rings. The molecule has 3 heterocycles. The summed E-state index contributed by atoms with van der Waals surface area (Å²) in [5.74, 6) is 0.437. The quantitative estimate of drug-likeness (QED) is 0.668. The van der Waals surface area contributed by atoms with Crippen molar-refractivity contribution in [3.8, 4) is 0 Å². The van der Waals surface area contributed by atoms with E-state index >= 15 is 0 Å². The lowest BCUT2D eigenvalue weighted by Crippen LogP contribution is -2.39. The summed E-state index contributed by atoms with van der Waals surface area (Å²) < 4.78 is 2.01. The molecule has 0 aliphatic rings. The minimum atomic E-state index is -0.312. The molecule has 0 saturated carbocycles. The van der Waals surface area contributed by atoms with Gasteiger partial charge in [-0.15, -0.1) is 0 Å². The first kappa shape index (κ1) is 17.9. The van der Waals surface area contributed by atoms with Crippen molar-refractivity contribution in [2.24, 2.45) is 5.41 Å². The molecule has 138 valence electrons. The van der Waals surface area contributed by atoms with Crippen molar-refractivity contribution < 1.29 is 4.79 Å². The fourth-order valence-electron chi connectivity index (χ4n) is 2.71. The lowest BCUT2D eigenvalue weighted by molar-refractivity contribution is 0.102. The molecule has 3 aromatic heterocycles. The van der Waals surface area contributed by atoms with Gasteiger partial charge in [0.05, 0.1) is 10.9 Å². The van der Waals surface area contributed by atoms with E-state index in [4.69, 9.17) is 5.73 Å². The molecule has 3 rings (SSSR count). The van der Waals surface area contributed by atoms with Gasteiger partial charge in [-0.25, -0.2) is 9.97 Å². The average Bonchev–Trinajstić information content (AvgIpc) is 3.11. The second-order valence-corrected chi connectivity index (χ2v) is 8.07. The number of H-pyrrole nitrogens is 1. The van der Waals surface area contributed by atoms with E-state index in [1.165, 1.54) is 6.33 Å². The fraction of sp³-hybridized carbons (Fsp3) is 0.444. The molecule has 0 radical (unpaired) electrons. The average molecular weight is 355 g/mol. The zero-order chi connectivity index (χ0) is 19.3. The number of nitrogens with one attached hydrogen (secondary N) is 2. The number of nitrogen functional groups attached to an aromatic ring is 1. The number of nitrogens with two attached hydrogens (primary N) is 1. The highest BCUT2D eigenvalue weighted by atomic mass is 16.1. The SMILES string of the molecule is Cc1cc(NC(=O)c2cn(C(C)(C)C(C)(C)C)c3ncnc(N)c23)n[nH]1. The van der Waals surface area contributed by atoms with Gasteiger partial charge >= 0.3 is 0 Å². The standard InChI is InChI=1S/C18H25N7O/c1-10-7-12(24-23-10)22-16(26)11-8-25(18(5,6)17(2,3)4)15-13(11)14(19)20-9-21-15/h7-9H,1-6H3,(H2,19,20,21)(H2,22,23,24,26). The van der Waals surface area contributed by atoms with Crippen LogP contribution in [0.1, 0.15) is 50.7 Å². The van der Waals surface area contributed by atoms with Crippen molar-refractivity contribution in [1.29, 1.82) is 0 Å². The molecule has 0 atom stereocenters. The molecule has 0 saturated heterocycles. The molecule has 8 nitrogen and oxygen atoms in total. The summed E-state index contributed by atoms with van der Waals surface area (Å²) in [4.78, 5) is 21.4. The highest BCUT2D eigenvalue weighted by molar-refractivity contribution is 6.14. The fourth-order valence-corrected chi connectivity index (χ4v) is 2.71. The number of fused-ring (bicyclic) bond motifs is 1. The molecule has 0 fully saturated rings. The summed E-state index contributed by atoms with van der Waals surface area (Å²) in [6.07, 6.45) is 3.22. The Hall–Kier alpha value is -2.90. The Kier molecular flexibility index (Phi) is 4.01. The first-order valence-electron chi connectivity index (χ1n) is 8.48. The van der Waals surface area contributed by atoms with Gasteiger partial charge < -0.3 is 15.6 Å². The van der Waals surface area contributed by atoms with Gasteiger partial charge in [-0.2, -0.15) is 5.10 Å². The van der Waals surface area contributed by atoms with Crippen LogP contribution in [0.2, 0.25) is 0 Å². The maximum absolute atomic E-state index is 12.9. The monoisotopic (exact) mass is 355 g/mol. The Morgan fingerprint density at radius 3 is 2.50 bits per heavy atom. The van der Waals surface area contributed by atoms with Crippen LogP contribution in [0.5, 0.6) is 0 Å². The van der Waals surface area contributed by atoms with Crippen LogP contribution in [0.4, 0.5) is 11.6 Å². The minimum Gasteiger partial charge on any atom is -0.383 e. The van der Waals surface area contributed by atoms with Gasteiger partial charge in [-0.3, -0.25) is 9.89 Å². The Labute approximate surface area is 152 Å². The molecule has 1 amide bonds. The van der Waals surface area contributed by atoms with Gasteiger partial charge in [0.1, 0.15) is 17.8 Å². The highest BCUT2D eigenvalue weighted by Gasteiger charge is 2.37. The molecule has 8 heteroatoms. The maximum Gasteiger partial charge on any atom is 0.259 e. The van der Waals surface area contributed by atoms with E-state index in [2.05, 4.69) is 60.1 Å². The zero-order valence-electron chi connectivity index (χ0n) is 16.0. The topological polar surface area (TPSA) is 115 Å². The van der Waals surface area contributed by atoms with Gasteiger partial charge in [0.25, 0.3) is 5.91 Å². The van der Waals surface area contributed by atoms with E-state index in [1.54, 1.807) is 12.3 Å². The predicted octanol–water partition coefficient (Wildman–Crippen LogP) is 3.08. The number of aryl methyl sites for hydroxylation is 1. The van der Waals surface area contributed by atoms with E-state index in [1.807, 2.05) is 11.5 Å². The number of anilines is 2. The number of aromatic amines is 1. The van der Waals surface area contributed by atoms with Crippen molar-refractivity contribution >= 4 is 28.6 Å². The molecule has 0 bridgehead atoms. The van der Waals surface area contributed by atoms with Crippen LogP contribution in [0.3, 0.4) is 0 Å². The first-order chi connectivity index (χ1) is 12.0. The number of carbonyl (C=O) groups excluding carboxylic acids is 1. The van der Waals surface area contributed by atoms with Crippen molar-refractivity contribution in [3.05, 3.63) is 29.8 Å². The largest absolute Gasteiger partial charge is 0.383 e. The van der Waals surface area contributed by atoms with Crippen molar-refractivity contribution in [2.75, 3.05) is 11.1 Å². The summed E-state index contributed by atoms with van der Waals surface area (Å²) in [5.41, 5.74) is 7.63. The second-order valence-electron chi connectivity index (χ2n) is 8.07. The van der Waals surface area contributed by atoms with Crippen molar-refractivity contribution in [1.82, 2.24) is 24.7 Å². The Morgan fingerprint density at radius 2 is 1.92 bits per heavy atom. The zero-order valence-corrected chi connectivity index (χ0v) is 16.0.